The van der Waals surface area contributed by atoms with Crippen LogP contribution >= 0.6 is 11.8 Å². The molecule has 134 valence electrons. The van der Waals surface area contributed by atoms with Gasteiger partial charge in [0.05, 0.1) is 17.5 Å². The lowest BCUT2D eigenvalue weighted by molar-refractivity contribution is -0.128. The minimum atomic E-state index is -0.311. The average molecular weight is 365 g/mol. The van der Waals surface area contributed by atoms with Crippen molar-refractivity contribution in [2.24, 2.45) is 0 Å². The molecule has 1 aromatic heterocycles. The normalized spacial score (nSPS) is 11.8. The number of carbonyl (C=O) groups excluding carboxylic acids is 2. The number of benzene rings is 1. The van der Waals surface area contributed by atoms with Crippen molar-refractivity contribution < 1.29 is 18.5 Å². The molecule has 0 fully saturated rings. The van der Waals surface area contributed by atoms with Gasteiger partial charge in [-0.05, 0) is 31.5 Å². The standard InChI is InChI=1S/C17H20FN3O3S/c1-11-8-15(20-24-11)19-16(22)9-25-10-17(23)21(3)12(2)13-4-6-14(18)7-5-13/h4-8,12H,9-10H2,1-3H3,(H,19,20,22). The van der Waals surface area contributed by atoms with Crippen molar-refractivity contribution in [1.29, 1.82) is 0 Å². The quantitative estimate of drug-likeness (QED) is 0.816. The molecule has 25 heavy (non-hydrogen) atoms. The van der Waals surface area contributed by atoms with Crippen LogP contribution in [0.1, 0.15) is 24.3 Å². The third-order valence-electron chi connectivity index (χ3n) is 3.68. The van der Waals surface area contributed by atoms with E-state index < -0.39 is 0 Å². The number of anilines is 1. The van der Waals surface area contributed by atoms with Crippen LogP contribution in [0.15, 0.2) is 34.9 Å². The number of aromatic nitrogens is 1. The number of halogens is 1. The van der Waals surface area contributed by atoms with Crippen molar-refractivity contribution in [3.8, 4) is 0 Å². The first-order valence-corrected chi connectivity index (χ1v) is 8.84. The van der Waals surface area contributed by atoms with Crippen LogP contribution in [0.2, 0.25) is 0 Å². The van der Waals surface area contributed by atoms with Crippen molar-refractivity contribution in [3.05, 3.63) is 47.5 Å². The molecule has 0 spiro atoms. The zero-order valence-electron chi connectivity index (χ0n) is 14.3. The van der Waals surface area contributed by atoms with E-state index in [0.717, 1.165) is 5.56 Å². The van der Waals surface area contributed by atoms with E-state index in [9.17, 15) is 14.0 Å². The van der Waals surface area contributed by atoms with E-state index in [1.165, 1.54) is 23.9 Å². The molecular formula is C17H20FN3O3S. The number of thioether (sulfide) groups is 1. The van der Waals surface area contributed by atoms with Crippen molar-refractivity contribution in [2.45, 2.75) is 19.9 Å². The second-order valence-electron chi connectivity index (χ2n) is 5.60. The molecule has 2 rings (SSSR count). The number of aryl methyl sites for hydroxylation is 1. The van der Waals surface area contributed by atoms with Gasteiger partial charge in [0, 0.05) is 13.1 Å². The summed E-state index contributed by atoms with van der Waals surface area (Å²) in [6.45, 7) is 3.60. The number of hydrogen-bond acceptors (Lipinski definition) is 5. The maximum absolute atomic E-state index is 13.0. The van der Waals surface area contributed by atoms with E-state index >= 15 is 0 Å². The molecule has 2 aromatic rings. The largest absolute Gasteiger partial charge is 0.360 e. The fourth-order valence-corrected chi connectivity index (χ4v) is 2.86. The van der Waals surface area contributed by atoms with Crippen molar-refractivity contribution in [2.75, 3.05) is 23.9 Å². The third kappa shape index (κ3) is 5.60. The molecule has 0 saturated heterocycles. The van der Waals surface area contributed by atoms with Crippen molar-refractivity contribution >= 4 is 29.4 Å². The van der Waals surface area contributed by atoms with E-state index in [-0.39, 0.29) is 35.2 Å². The molecule has 1 unspecified atom stereocenters. The SMILES string of the molecule is Cc1cc(NC(=O)CSCC(=O)N(C)C(C)c2ccc(F)cc2)no1. The van der Waals surface area contributed by atoms with Crippen LogP contribution in [0.4, 0.5) is 10.2 Å². The Morgan fingerprint density at radius 2 is 2.00 bits per heavy atom. The van der Waals surface area contributed by atoms with Gasteiger partial charge in [0.2, 0.25) is 11.8 Å². The molecule has 0 bridgehead atoms. The fraction of sp³-hybridized carbons (Fsp3) is 0.353. The summed E-state index contributed by atoms with van der Waals surface area (Å²) < 4.78 is 17.8. The van der Waals surface area contributed by atoms with Gasteiger partial charge < -0.3 is 14.7 Å². The van der Waals surface area contributed by atoms with Crippen LogP contribution in [-0.2, 0) is 9.59 Å². The van der Waals surface area contributed by atoms with E-state index in [0.29, 0.717) is 11.6 Å². The summed E-state index contributed by atoms with van der Waals surface area (Å²) >= 11 is 1.22. The number of carbonyl (C=O) groups is 2. The van der Waals surface area contributed by atoms with Crippen LogP contribution in [0.5, 0.6) is 0 Å². The van der Waals surface area contributed by atoms with Gasteiger partial charge in [-0.2, -0.15) is 0 Å². The first kappa shape index (κ1) is 19.0. The zero-order valence-corrected chi connectivity index (χ0v) is 15.1. The van der Waals surface area contributed by atoms with Crippen LogP contribution in [0, 0.1) is 12.7 Å². The zero-order chi connectivity index (χ0) is 18.4. The van der Waals surface area contributed by atoms with Gasteiger partial charge in [-0.15, -0.1) is 11.8 Å². The highest BCUT2D eigenvalue weighted by Gasteiger charge is 2.18. The number of nitrogens with one attached hydrogen (secondary N) is 1. The summed E-state index contributed by atoms with van der Waals surface area (Å²) in [6, 6.07) is 7.49. The number of amides is 2. The minimum absolute atomic E-state index is 0.105. The Bertz CT molecular complexity index is 733. The van der Waals surface area contributed by atoms with Gasteiger partial charge in [0.25, 0.3) is 0 Å². The molecule has 1 atom stereocenters. The Balaban J connectivity index is 1.77. The predicted molar refractivity (Wildman–Crippen MR) is 94.8 cm³/mol. The summed E-state index contributed by atoms with van der Waals surface area (Å²) in [6.07, 6.45) is 0. The van der Waals surface area contributed by atoms with E-state index in [2.05, 4.69) is 10.5 Å². The van der Waals surface area contributed by atoms with Crippen molar-refractivity contribution in [1.82, 2.24) is 10.1 Å². The maximum atomic E-state index is 13.0. The number of nitrogens with zero attached hydrogens (tertiary/aromatic N) is 2. The average Bonchev–Trinajstić information content (AvgIpc) is 2.98. The minimum Gasteiger partial charge on any atom is -0.360 e. The molecule has 1 N–H and O–H groups in total. The number of rotatable bonds is 7. The summed E-state index contributed by atoms with van der Waals surface area (Å²) in [7, 11) is 1.69. The van der Waals surface area contributed by atoms with Crippen LogP contribution in [0.25, 0.3) is 0 Å². The summed E-state index contributed by atoms with van der Waals surface area (Å²) in [5, 5.41) is 6.27. The Morgan fingerprint density at radius 1 is 1.32 bits per heavy atom. The van der Waals surface area contributed by atoms with Gasteiger partial charge in [-0.25, -0.2) is 4.39 Å². The second kappa shape index (κ2) is 8.66. The molecule has 0 saturated carbocycles. The molecule has 0 aliphatic carbocycles. The smallest absolute Gasteiger partial charge is 0.235 e. The van der Waals surface area contributed by atoms with Crippen molar-refractivity contribution in [3.63, 3.8) is 0 Å². The maximum Gasteiger partial charge on any atom is 0.235 e. The Hall–Kier alpha value is -2.35. The van der Waals surface area contributed by atoms with E-state index in [4.69, 9.17) is 4.52 Å². The third-order valence-corrected chi connectivity index (χ3v) is 4.60. The molecule has 0 aliphatic heterocycles. The lowest BCUT2D eigenvalue weighted by Gasteiger charge is -2.25. The topological polar surface area (TPSA) is 75.4 Å². The fourth-order valence-electron chi connectivity index (χ4n) is 2.12. The van der Waals surface area contributed by atoms with E-state index in [1.54, 1.807) is 37.1 Å². The first-order chi connectivity index (χ1) is 11.9. The molecule has 6 nitrogen and oxygen atoms in total. The highest BCUT2D eigenvalue weighted by molar-refractivity contribution is 8.00. The Labute approximate surface area is 149 Å². The summed E-state index contributed by atoms with van der Waals surface area (Å²) in [5.74, 6) is 0.607. The lowest BCUT2D eigenvalue weighted by Crippen LogP contribution is -2.31. The van der Waals surface area contributed by atoms with Crippen LogP contribution in [0.3, 0.4) is 0 Å². The van der Waals surface area contributed by atoms with Crippen LogP contribution < -0.4 is 5.32 Å². The molecule has 0 radical (unpaired) electrons. The van der Waals surface area contributed by atoms with Gasteiger partial charge in [-0.1, -0.05) is 17.3 Å². The Morgan fingerprint density at radius 3 is 2.60 bits per heavy atom. The van der Waals surface area contributed by atoms with Gasteiger partial charge in [0.15, 0.2) is 5.82 Å². The van der Waals surface area contributed by atoms with E-state index in [1.807, 2.05) is 6.92 Å². The molecule has 1 heterocycles. The first-order valence-electron chi connectivity index (χ1n) is 7.69. The van der Waals surface area contributed by atoms with Gasteiger partial charge in [-0.3, -0.25) is 9.59 Å². The lowest BCUT2D eigenvalue weighted by atomic mass is 10.1. The molecule has 8 heteroatoms. The number of hydrogen-bond donors (Lipinski definition) is 1. The molecule has 2 amide bonds. The molecule has 1 aromatic carbocycles. The Kier molecular flexibility index (Phi) is 6.58. The molecular weight excluding hydrogens is 345 g/mol. The van der Waals surface area contributed by atoms with Gasteiger partial charge in [0.1, 0.15) is 11.6 Å². The van der Waals surface area contributed by atoms with Gasteiger partial charge >= 0.3 is 0 Å². The summed E-state index contributed by atoms with van der Waals surface area (Å²) in [4.78, 5) is 25.6. The highest BCUT2D eigenvalue weighted by Crippen LogP contribution is 2.20. The van der Waals surface area contributed by atoms with Crippen LogP contribution in [-0.4, -0.2) is 40.4 Å². The molecule has 0 aliphatic rings. The summed E-state index contributed by atoms with van der Waals surface area (Å²) in [5.41, 5.74) is 0.849. The predicted octanol–water partition coefficient (Wildman–Crippen LogP) is 3.01. The highest BCUT2D eigenvalue weighted by atomic mass is 32.2. The monoisotopic (exact) mass is 365 g/mol. The second-order valence-corrected chi connectivity index (χ2v) is 6.58.